The van der Waals surface area contributed by atoms with Crippen molar-refractivity contribution in [1.29, 1.82) is 0 Å². The Labute approximate surface area is 142 Å². The second-order valence-electron chi connectivity index (χ2n) is 6.14. The largest absolute Gasteiger partial charge is 0.340 e. The zero-order chi connectivity index (χ0) is 16.4. The molecule has 1 aliphatic rings. The third-order valence-corrected chi connectivity index (χ3v) is 4.33. The van der Waals surface area contributed by atoms with Gasteiger partial charge in [0.05, 0.1) is 0 Å². The van der Waals surface area contributed by atoms with Crippen molar-refractivity contribution < 1.29 is 0 Å². The molecule has 120 valence electrons. The van der Waals surface area contributed by atoms with E-state index < -0.39 is 0 Å². The van der Waals surface area contributed by atoms with Crippen LogP contribution >= 0.6 is 0 Å². The summed E-state index contributed by atoms with van der Waals surface area (Å²) in [5.74, 6) is 1.75. The molecule has 2 aromatic carbocycles. The summed E-state index contributed by atoms with van der Waals surface area (Å²) >= 11 is 0. The lowest BCUT2D eigenvalue weighted by atomic mass is 10.0. The summed E-state index contributed by atoms with van der Waals surface area (Å²) in [6.07, 6.45) is 3.90. The van der Waals surface area contributed by atoms with Gasteiger partial charge in [-0.1, -0.05) is 30.3 Å². The molecular weight excluding hydrogens is 296 g/mol. The van der Waals surface area contributed by atoms with Crippen LogP contribution in [0.25, 0.3) is 0 Å². The van der Waals surface area contributed by atoms with Gasteiger partial charge in [0.1, 0.15) is 18.0 Å². The van der Waals surface area contributed by atoms with E-state index in [9.17, 15) is 0 Å². The zero-order valence-corrected chi connectivity index (χ0v) is 13.7. The first-order valence-electron chi connectivity index (χ1n) is 8.31. The number of rotatable bonds is 3. The number of fused-ring (bicyclic) bond motifs is 1. The summed E-state index contributed by atoms with van der Waals surface area (Å²) in [7, 11) is 0. The molecule has 4 heteroatoms. The molecule has 1 aromatic heterocycles. The van der Waals surface area contributed by atoms with E-state index in [4.69, 9.17) is 0 Å². The number of para-hydroxylation sites is 1. The highest BCUT2D eigenvalue weighted by Crippen LogP contribution is 2.32. The van der Waals surface area contributed by atoms with E-state index in [0.29, 0.717) is 0 Å². The molecule has 0 radical (unpaired) electrons. The summed E-state index contributed by atoms with van der Waals surface area (Å²) in [6.45, 7) is 3.07. The monoisotopic (exact) mass is 316 g/mol. The van der Waals surface area contributed by atoms with Gasteiger partial charge in [-0.3, -0.25) is 0 Å². The highest BCUT2D eigenvalue weighted by Gasteiger charge is 2.19. The van der Waals surface area contributed by atoms with Crippen molar-refractivity contribution in [2.75, 3.05) is 16.8 Å². The fraction of sp³-hybridized carbons (Fsp3) is 0.200. The first-order valence-corrected chi connectivity index (χ1v) is 8.31. The molecule has 2 heterocycles. The quantitative estimate of drug-likeness (QED) is 0.766. The van der Waals surface area contributed by atoms with E-state index in [0.717, 1.165) is 36.7 Å². The van der Waals surface area contributed by atoms with Crippen LogP contribution < -0.4 is 10.2 Å². The van der Waals surface area contributed by atoms with Crippen molar-refractivity contribution in [3.05, 3.63) is 72.1 Å². The van der Waals surface area contributed by atoms with Crippen LogP contribution in [0.4, 0.5) is 23.0 Å². The smallest absolute Gasteiger partial charge is 0.138 e. The molecule has 4 rings (SSSR count). The van der Waals surface area contributed by atoms with E-state index in [1.54, 1.807) is 6.33 Å². The number of nitrogens with one attached hydrogen (secondary N) is 1. The molecule has 0 aliphatic carbocycles. The molecule has 4 nitrogen and oxygen atoms in total. The predicted molar refractivity (Wildman–Crippen MR) is 98.3 cm³/mol. The molecule has 0 fully saturated rings. The average Bonchev–Trinajstić information content (AvgIpc) is 2.61. The Hall–Kier alpha value is -2.88. The summed E-state index contributed by atoms with van der Waals surface area (Å²) < 4.78 is 0. The van der Waals surface area contributed by atoms with Gasteiger partial charge in [0.15, 0.2) is 0 Å². The second kappa shape index (κ2) is 6.32. The summed E-state index contributed by atoms with van der Waals surface area (Å²) in [5, 5.41) is 3.37. The van der Waals surface area contributed by atoms with Crippen molar-refractivity contribution in [3.63, 3.8) is 0 Å². The third-order valence-electron chi connectivity index (χ3n) is 4.33. The molecule has 0 amide bonds. The first kappa shape index (κ1) is 14.7. The molecule has 0 saturated heterocycles. The standard InChI is InChI=1S/C20H20N4/c1-15-6-4-9-17(12-15)23-19-13-20(22-14-21-19)24-11-5-8-16-7-2-3-10-18(16)24/h2-4,6-7,9-10,12-14H,5,8,11H2,1H3,(H,21,22,23). The maximum atomic E-state index is 4.50. The Balaban J connectivity index is 1.64. The minimum absolute atomic E-state index is 0.814. The van der Waals surface area contributed by atoms with Crippen molar-refractivity contribution in [3.8, 4) is 0 Å². The van der Waals surface area contributed by atoms with Crippen molar-refractivity contribution in [2.45, 2.75) is 19.8 Å². The van der Waals surface area contributed by atoms with E-state index in [-0.39, 0.29) is 0 Å². The number of benzene rings is 2. The molecular formula is C20H20N4. The van der Waals surface area contributed by atoms with Gasteiger partial charge in [-0.05, 0) is 49.1 Å². The van der Waals surface area contributed by atoms with Crippen LogP contribution in [-0.4, -0.2) is 16.5 Å². The fourth-order valence-electron chi connectivity index (χ4n) is 3.21. The van der Waals surface area contributed by atoms with E-state index in [1.807, 2.05) is 18.2 Å². The number of nitrogens with zero attached hydrogens (tertiary/aromatic N) is 3. The SMILES string of the molecule is Cc1cccc(Nc2cc(N3CCCc4ccccc43)ncn2)c1. The topological polar surface area (TPSA) is 41.0 Å². The predicted octanol–water partition coefficient (Wildman–Crippen LogP) is 4.61. The Morgan fingerprint density at radius 2 is 1.92 bits per heavy atom. The fourth-order valence-corrected chi connectivity index (χ4v) is 3.21. The van der Waals surface area contributed by atoms with Crippen LogP contribution in [0, 0.1) is 6.92 Å². The summed E-state index contributed by atoms with van der Waals surface area (Å²) in [4.78, 5) is 11.1. The molecule has 0 unspecified atom stereocenters. The normalized spacial score (nSPS) is 13.5. The van der Waals surface area contributed by atoms with Gasteiger partial charge in [-0.25, -0.2) is 9.97 Å². The van der Waals surface area contributed by atoms with Gasteiger partial charge in [-0.15, -0.1) is 0 Å². The average molecular weight is 316 g/mol. The van der Waals surface area contributed by atoms with Crippen LogP contribution in [0.5, 0.6) is 0 Å². The number of aryl methyl sites for hydroxylation is 2. The van der Waals surface area contributed by atoms with Crippen molar-refractivity contribution >= 4 is 23.0 Å². The molecule has 24 heavy (non-hydrogen) atoms. The van der Waals surface area contributed by atoms with E-state index in [2.05, 4.69) is 63.5 Å². The minimum Gasteiger partial charge on any atom is -0.340 e. The molecule has 1 N–H and O–H groups in total. The highest BCUT2D eigenvalue weighted by atomic mass is 15.2. The van der Waals surface area contributed by atoms with Crippen molar-refractivity contribution in [2.24, 2.45) is 0 Å². The molecule has 0 saturated carbocycles. The van der Waals surface area contributed by atoms with Gasteiger partial charge in [0.2, 0.25) is 0 Å². The lowest BCUT2D eigenvalue weighted by molar-refractivity contribution is 0.758. The lowest BCUT2D eigenvalue weighted by Gasteiger charge is -2.30. The number of hydrogen-bond acceptors (Lipinski definition) is 4. The molecule has 0 spiro atoms. The Morgan fingerprint density at radius 3 is 2.83 bits per heavy atom. The molecule has 1 aliphatic heterocycles. The van der Waals surface area contributed by atoms with Crippen LogP contribution in [-0.2, 0) is 6.42 Å². The van der Waals surface area contributed by atoms with E-state index in [1.165, 1.54) is 16.8 Å². The summed E-state index contributed by atoms with van der Waals surface area (Å²) in [6, 6.07) is 18.9. The van der Waals surface area contributed by atoms with Gasteiger partial charge in [0.25, 0.3) is 0 Å². The Kier molecular flexibility index (Phi) is 3.87. The first-order chi connectivity index (χ1) is 11.8. The minimum atomic E-state index is 0.814. The molecule has 0 bridgehead atoms. The number of hydrogen-bond donors (Lipinski definition) is 1. The van der Waals surface area contributed by atoms with Crippen LogP contribution in [0.15, 0.2) is 60.9 Å². The highest BCUT2D eigenvalue weighted by molar-refractivity contribution is 5.68. The van der Waals surface area contributed by atoms with Crippen LogP contribution in [0.2, 0.25) is 0 Å². The van der Waals surface area contributed by atoms with Crippen LogP contribution in [0.3, 0.4) is 0 Å². The lowest BCUT2D eigenvalue weighted by Crippen LogP contribution is -2.25. The maximum absolute atomic E-state index is 4.50. The Morgan fingerprint density at radius 1 is 1.00 bits per heavy atom. The number of anilines is 4. The van der Waals surface area contributed by atoms with Gasteiger partial charge >= 0.3 is 0 Å². The number of aromatic nitrogens is 2. The third kappa shape index (κ3) is 2.95. The Bertz CT molecular complexity index is 860. The second-order valence-corrected chi connectivity index (χ2v) is 6.14. The van der Waals surface area contributed by atoms with Crippen LogP contribution in [0.1, 0.15) is 17.5 Å². The summed E-state index contributed by atoms with van der Waals surface area (Å²) in [5.41, 5.74) is 4.90. The van der Waals surface area contributed by atoms with Gasteiger partial charge < -0.3 is 10.2 Å². The van der Waals surface area contributed by atoms with Gasteiger partial charge in [-0.2, -0.15) is 0 Å². The van der Waals surface area contributed by atoms with Gasteiger partial charge in [0, 0.05) is 24.0 Å². The maximum Gasteiger partial charge on any atom is 0.138 e. The van der Waals surface area contributed by atoms with E-state index >= 15 is 0 Å². The van der Waals surface area contributed by atoms with Crippen molar-refractivity contribution in [1.82, 2.24) is 9.97 Å². The molecule has 0 atom stereocenters. The zero-order valence-electron chi connectivity index (χ0n) is 13.7. The molecule has 3 aromatic rings.